The molecule has 3 rings (SSSR count). The number of aromatic amines is 1. The highest BCUT2D eigenvalue weighted by Crippen LogP contribution is 2.61. The highest BCUT2D eigenvalue weighted by Gasteiger charge is 2.54. The first-order chi connectivity index (χ1) is 16.3. The van der Waals surface area contributed by atoms with Crippen molar-refractivity contribution >= 4 is 29.7 Å². The molecule has 1 saturated heterocycles. The van der Waals surface area contributed by atoms with Crippen molar-refractivity contribution in [2.75, 3.05) is 6.61 Å². The van der Waals surface area contributed by atoms with Crippen molar-refractivity contribution in [3.05, 3.63) is 33.1 Å². The summed E-state index contributed by atoms with van der Waals surface area (Å²) < 4.78 is 32.0. The van der Waals surface area contributed by atoms with Crippen molar-refractivity contribution < 1.29 is 28.8 Å². The van der Waals surface area contributed by atoms with E-state index in [1.807, 2.05) is 0 Å². The van der Waals surface area contributed by atoms with Crippen LogP contribution in [0.5, 0.6) is 0 Å². The molecule has 11 nitrogen and oxygen atoms in total. The number of aliphatic hydroxyl groups excluding tert-OH is 2. The molecule has 0 aromatic carbocycles. The molecular weight excluding hydrogens is 521 g/mol. The van der Waals surface area contributed by atoms with Gasteiger partial charge in [0, 0.05) is 17.5 Å². The van der Waals surface area contributed by atoms with Gasteiger partial charge in [0.05, 0.1) is 18.8 Å². The molecule has 35 heavy (non-hydrogen) atoms. The Morgan fingerprint density at radius 1 is 1.37 bits per heavy atom. The van der Waals surface area contributed by atoms with Crippen molar-refractivity contribution in [3.63, 3.8) is 0 Å². The van der Waals surface area contributed by atoms with Gasteiger partial charge < -0.3 is 24.2 Å². The van der Waals surface area contributed by atoms with E-state index < -0.39 is 53.6 Å². The highest BCUT2D eigenvalue weighted by molar-refractivity contribution is 8.56. The van der Waals surface area contributed by atoms with Crippen LogP contribution in [-0.4, -0.2) is 67.1 Å². The van der Waals surface area contributed by atoms with Crippen LogP contribution in [0.4, 0.5) is 0 Å². The summed E-state index contributed by atoms with van der Waals surface area (Å²) in [5.41, 5.74) is -1.31. The predicted molar refractivity (Wildman–Crippen MR) is 134 cm³/mol. The zero-order valence-electron chi connectivity index (χ0n) is 20.3. The fourth-order valence-electron chi connectivity index (χ4n) is 4.13. The highest BCUT2D eigenvalue weighted by atomic mass is 35.5. The van der Waals surface area contributed by atoms with Gasteiger partial charge in [0.25, 0.3) is 5.56 Å². The van der Waals surface area contributed by atoms with E-state index in [1.54, 1.807) is 20.8 Å². The van der Waals surface area contributed by atoms with Crippen LogP contribution in [0, 0.1) is 0 Å². The number of H-pyrrole nitrogens is 1. The van der Waals surface area contributed by atoms with Gasteiger partial charge in [-0.3, -0.25) is 18.9 Å². The number of halogens is 1. The number of hydrogen-bond acceptors (Lipinski definition) is 9. The van der Waals surface area contributed by atoms with Gasteiger partial charge in [-0.25, -0.2) is 9.88 Å². The number of nitrogens with one attached hydrogen (secondary N) is 2. The molecule has 0 amide bonds. The molecule has 200 valence electrons. The van der Waals surface area contributed by atoms with Crippen LogP contribution in [0.15, 0.2) is 21.9 Å². The van der Waals surface area contributed by atoms with E-state index in [0.717, 1.165) is 36.3 Å². The summed E-state index contributed by atoms with van der Waals surface area (Å²) in [5.74, 6) is 0. The third kappa shape index (κ3) is 7.21. The lowest BCUT2D eigenvalue weighted by Gasteiger charge is -2.29. The van der Waals surface area contributed by atoms with Gasteiger partial charge in [-0.1, -0.05) is 24.2 Å². The second-order valence-electron chi connectivity index (χ2n) is 9.44. The van der Waals surface area contributed by atoms with Crippen LogP contribution in [0.2, 0.25) is 0 Å². The molecule has 1 aromatic heterocycles. The average Bonchev–Trinajstić information content (AvgIpc) is 3.33. The summed E-state index contributed by atoms with van der Waals surface area (Å²) in [6, 6.07) is 0.452. The Kier molecular flexibility index (Phi) is 9.73. The first-order valence-electron chi connectivity index (χ1n) is 11.7. The predicted octanol–water partition coefficient (Wildman–Crippen LogP) is 2.31. The molecule has 7 unspecified atom stereocenters. The topological polar surface area (TPSA) is 152 Å². The quantitative estimate of drug-likeness (QED) is 0.182. The molecule has 1 aromatic rings. The Hall–Kier alpha value is -0.690. The first kappa shape index (κ1) is 28.9. The Labute approximate surface area is 213 Å². The van der Waals surface area contributed by atoms with Crippen molar-refractivity contribution in [2.24, 2.45) is 0 Å². The molecular formula is C21H35ClN3O8PS. The third-order valence-corrected chi connectivity index (χ3v) is 11.1. The summed E-state index contributed by atoms with van der Waals surface area (Å²) in [5, 5.41) is 24.2. The van der Waals surface area contributed by atoms with Crippen molar-refractivity contribution in [2.45, 2.75) is 100 Å². The van der Waals surface area contributed by atoms with E-state index >= 15 is 0 Å². The average molecular weight is 556 g/mol. The van der Waals surface area contributed by atoms with E-state index in [0.29, 0.717) is 0 Å². The summed E-state index contributed by atoms with van der Waals surface area (Å²) in [6.07, 6.45) is 0.305. The standard InChI is InChI=1S/C21H35ClN3O8PS/c1-12(2)32-18(28)13(3)24-34(30,35-14-7-5-6-8-14)31-11-15-17(27)21(4,22)19(33-15)25-10-9-16(26)23-20(25)29/h9-10,12-15,17-19,27-28H,5-8,11H2,1-4H3,(H,24,30)(H,23,26,29). The maximum atomic E-state index is 13.8. The molecule has 14 heteroatoms. The fraction of sp³-hybridized carbons (Fsp3) is 0.810. The zero-order chi connectivity index (χ0) is 26.0. The Morgan fingerprint density at radius 2 is 2.03 bits per heavy atom. The van der Waals surface area contributed by atoms with Crippen molar-refractivity contribution in [1.29, 1.82) is 0 Å². The number of hydrogen-bond donors (Lipinski definition) is 4. The van der Waals surface area contributed by atoms with Crippen molar-refractivity contribution in [1.82, 2.24) is 14.6 Å². The molecule has 0 radical (unpaired) electrons. The number of aromatic nitrogens is 2. The summed E-state index contributed by atoms with van der Waals surface area (Å²) in [7, 11) is 0. The molecule has 0 spiro atoms. The van der Waals surface area contributed by atoms with Crippen LogP contribution >= 0.6 is 29.7 Å². The summed E-state index contributed by atoms with van der Waals surface area (Å²) >= 11 is 7.76. The van der Waals surface area contributed by atoms with E-state index in [2.05, 4.69) is 10.1 Å². The second kappa shape index (κ2) is 11.8. The van der Waals surface area contributed by atoms with E-state index in [9.17, 15) is 24.4 Å². The van der Waals surface area contributed by atoms with E-state index in [-0.39, 0.29) is 18.0 Å². The van der Waals surface area contributed by atoms with Gasteiger partial charge in [-0.05, 0) is 40.5 Å². The van der Waals surface area contributed by atoms with Crippen LogP contribution < -0.4 is 16.3 Å². The largest absolute Gasteiger partial charge is 0.388 e. The number of rotatable bonds is 11. The molecule has 2 heterocycles. The fourth-order valence-corrected chi connectivity index (χ4v) is 9.39. The number of nitrogens with zero attached hydrogens (tertiary/aromatic N) is 1. The lowest BCUT2D eigenvalue weighted by molar-refractivity contribution is -0.137. The molecule has 1 aliphatic heterocycles. The first-order valence-corrected chi connectivity index (χ1v) is 15.2. The van der Waals surface area contributed by atoms with Gasteiger partial charge in [-0.15, -0.1) is 11.6 Å². The monoisotopic (exact) mass is 555 g/mol. The number of aliphatic hydroxyl groups is 2. The van der Waals surface area contributed by atoms with E-state index in [4.69, 9.17) is 25.6 Å². The van der Waals surface area contributed by atoms with Gasteiger partial charge in [0.2, 0.25) is 0 Å². The summed E-state index contributed by atoms with van der Waals surface area (Å²) in [6.45, 7) is 2.87. The van der Waals surface area contributed by atoms with Gasteiger partial charge in [0.15, 0.2) is 12.5 Å². The van der Waals surface area contributed by atoms with Gasteiger partial charge >= 0.3 is 12.4 Å². The molecule has 7 atom stereocenters. The van der Waals surface area contributed by atoms with Crippen LogP contribution in [-0.2, 0) is 18.6 Å². The van der Waals surface area contributed by atoms with Crippen LogP contribution in [0.3, 0.4) is 0 Å². The molecule has 1 aliphatic carbocycles. The molecule has 0 bridgehead atoms. The minimum absolute atomic E-state index is 0.129. The van der Waals surface area contributed by atoms with Gasteiger partial charge in [0.1, 0.15) is 17.1 Å². The Balaban J connectivity index is 1.74. The normalized spacial score (nSPS) is 31.0. The third-order valence-electron chi connectivity index (χ3n) is 6.02. The SMILES string of the molecule is CC(C)OC(O)C(C)NP(=O)(OCC1OC(n2ccc(=O)[nH]c2=O)C(C)(Cl)C1O)SC1CCCC1. The molecule has 4 N–H and O–H groups in total. The Morgan fingerprint density at radius 3 is 2.63 bits per heavy atom. The number of ether oxygens (including phenoxy) is 2. The minimum atomic E-state index is -3.57. The van der Waals surface area contributed by atoms with Gasteiger partial charge in [-0.2, -0.15) is 0 Å². The number of alkyl halides is 1. The summed E-state index contributed by atoms with van der Waals surface area (Å²) in [4.78, 5) is 24.4. The van der Waals surface area contributed by atoms with E-state index in [1.165, 1.54) is 24.5 Å². The second-order valence-corrected chi connectivity index (χ2v) is 14.7. The molecule has 2 fully saturated rings. The van der Waals surface area contributed by atoms with Crippen molar-refractivity contribution in [3.8, 4) is 0 Å². The lowest BCUT2D eigenvalue weighted by Crippen LogP contribution is -2.43. The van der Waals surface area contributed by atoms with Crippen LogP contribution in [0.25, 0.3) is 0 Å². The Bertz CT molecular complexity index is 1010. The maximum Gasteiger partial charge on any atom is 0.330 e. The maximum absolute atomic E-state index is 13.8. The molecule has 1 saturated carbocycles. The minimum Gasteiger partial charge on any atom is -0.388 e. The van der Waals surface area contributed by atoms with Crippen LogP contribution in [0.1, 0.15) is 59.6 Å². The smallest absolute Gasteiger partial charge is 0.330 e. The molecule has 2 aliphatic rings. The zero-order valence-corrected chi connectivity index (χ0v) is 22.7. The lowest BCUT2D eigenvalue weighted by atomic mass is 10.0.